The van der Waals surface area contributed by atoms with E-state index in [1.807, 2.05) is 35.9 Å². The molecule has 4 nitrogen and oxygen atoms in total. The number of fused-ring (bicyclic) bond motifs is 1. The lowest BCUT2D eigenvalue weighted by Crippen LogP contribution is -2.03. The van der Waals surface area contributed by atoms with Gasteiger partial charge in [0.2, 0.25) is 0 Å². The molecule has 3 N–H and O–H groups in total. The molecule has 0 aliphatic carbocycles. The minimum Gasteiger partial charge on any atom is -0.379 e. The zero-order valence-electron chi connectivity index (χ0n) is 8.80. The molecule has 0 bridgehead atoms. The van der Waals surface area contributed by atoms with Crippen molar-refractivity contribution in [3.8, 4) is 0 Å². The molecule has 0 amide bonds. The van der Waals surface area contributed by atoms with Crippen molar-refractivity contribution in [2.24, 2.45) is 5.73 Å². The average Bonchev–Trinajstić information content (AvgIpc) is 2.56. The maximum absolute atomic E-state index is 7.12. The standard InChI is InChI=1S/C10H12N4S.ClH/c1-7-2-3-14-5-8(6-15-10(11)12)13-9(14)4-7;/h2-5H,6H2,1H3,(H3,11,12);1H. The predicted molar refractivity (Wildman–Crippen MR) is 70.4 cm³/mol. The summed E-state index contributed by atoms with van der Waals surface area (Å²) in [6.07, 6.45) is 3.95. The van der Waals surface area contributed by atoms with Crippen molar-refractivity contribution in [1.29, 1.82) is 5.41 Å². The number of aryl methyl sites for hydroxylation is 1. The van der Waals surface area contributed by atoms with Gasteiger partial charge in [-0.2, -0.15) is 0 Å². The number of amidine groups is 1. The Hall–Kier alpha value is -1.20. The molecule has 2 aromatic rings. The third kappa shape index (κ3) is 2.90. The monoisotopic (exact) mass is 256 g/mol. The van der Waals surface area contributed by atoms with Crippen molar-refractivity contribution in [1.82, 2.24) is 9.38 Å². The summed E-state index contributed by atoms with van der Waals surface area (Å²) in [7, 11) is 0. The lowest BCUT2D eigenvalue weighted by atomic mass is 10.3. The topological polar surface area (TPSA) is 67.2 Å². The van der Waals surface area contributed by atoms with Crippen LogP contribution < -0.4 is 5.73 Å². The van der Waals surface area contributed by atoms with E-state index in [-0.39, 0.29) is 17.6 Å². The van der Waals surface area contributed by atoms with Gasteiger partial charge in [-0.1, -0.05) is 11.8 Å². The second kappa shape index (κ2) is 5.23. The summed E-state index contributed by atoms with van der Waals surface area (Å²) in [6.45, 7) is 2.04. The molecule has 0 aliphatic heterocycles. The minimum absolute atomic E-state index is 0. The highest BCUT2D eigenvalue weighted by Gasteiger charge is 2.02. The summed E-state index contributed by atoms with van der Waals surface area (Å²) in [5.41, 5.74) is 8.35. The molecule has 0 saturated carbocycles. The van der Waals surface area contributed by atoms with E-state index in [0.29, 0.717) is 5.75 Å². The number of hydrogen-bond donors (Lipinski definition) is 2. The highest BCUT2D eigenvalue weighted by Crippen LogP contribution is 2.13. The Morgan fingerprint density at radius 1 is 1.62 bits per heavy atom. The molecule has 0 aliphatic rings. The molecule has 16 heavy (non-hydrogen) atoms. The molecule has 0 saturated heterocycles. The van der Waals surface area contributed by atoms with Crippen molar-refractivity contribution < 1.29 is 0 Å². The molecule has 0 spiro atoms. The fourth-order valence-corrected chi connectivity index (χ4v) is 1.80. The van der Waals surface area contributed by atoms with Crippen LogP contribution in [0, 0.1) is 12.3 Å². The van der Waals surface area contributed by atoms with Crippen molar-refractivity contribution in [2.45, 2.75) is 12.7 Å². The van der Waals surface area contributed by atoms with Gasteiger partial charge in [0.25, 0.3) is 0 Å². The van der Waals surface area contributed by atoms with Crippen LogP contribution in [0.25, 0.3) is 5.65 Å². The van der Waals surface area contributed by atoms with E-state index in [1.165, 1.54) is 17.3 Å². The predicted octanol–water partition coefficient (Wildman–Crippen LogP) is 2.19. The summed E-state index contributed by atoms with van der Waals surface area (Å²) < 4.78 is 1.98. The normalized spacial score (nSPS) is 10.1. The molecule has 0 fully saturated rings. The smallest absolute Gasteiger partial charge is 0.151 e. The molecular weight excluding hydrogens is 244 g/mol. The van der Waals surface area contributed by atoms with E-state index in [0.717, 1.165) is 11.3 Å². The Morgan fingerprint density at radius 2 is 2.38 bits per heavy atom. The van der Waals surface area contributed by atoms with Crippen LogP contribution in [0.5, 0.6) is 0 Å². The third-order valence-electron chi connectivity index (χ3n) is 2.04. The van der Waals surface area contributed by atoms with Crippen molar-refractivity contribution >= 4 is 35.0 Å². The second-order valence-corrected chi connectivity index (χ2v) is 4.37. The van der Waals surface area contributed by atoms with Gasteiger partial charge in [-0.25, -0.2) is 4.98 Å². The van der Waals surface area contributed by atoms with Crippen LogP contribution in [-0.2, 0) is 5.75 Å². The number of nitrogens with one attached hydrogen (secondary N) is 1. The molecule has 86 valence electrons. The first-order valence-corrected chi connectivity index (χ1v) is 5.55. The summed E-state index contributed by atoms with van der Waals surface area (Å²) in [6, 6.07) is 4.07. The zero-order valence-corrected chi connectivity index (χ0v) is 10.4. The van der Waals surface area contributed by atoms with Crippen LogP contribution in [0.1, 0.15) is 11.3 Å². The Balaban J connectivity index is 0.00000128. The summed E-state index contributed by atoms with van der Waals surface area (Å²) in [4.78, 5) is 4.44. The fraction of sp³-hybridized carbons (Fsp3) is 0.200. The Labute approximate surface area is 104 Å². The van der Waals surface area contributed by atoms with Crippen LogP contribution in [0.2, 0.25) is 0 Å². The van der Waals surface area contributed by atoms with Crippen LogP contribution in [0.4, 0.5) is 0 Å². The quantitative estimate of drug-likeness (QED) is 0.639. The van der Waals surface area contributed by atoms with Gasteiger partial charge in [-0.15, -0.1) is 12.4 Å². The number of nitrogens with zero attached hydrogens (tertiary/aromatic N) is 2. The summed E-state index contributed by atoms with van der Waals surface area (Å²) in [5.74, 6) is 0.649. The number of thioether (sulfide) groups is 1. The van der Waals surface area contributed by atoms with E-state index >= 15 is 0 Å². The van der Waals surface area contributed by atoms with Gasteiger partial charge in [-0.05, 0) is 24.6 Å². The second-order valence-electron chi connectivity index (χ2n) is 3.35. The first-order valence-electron chi connectivity index (χ1n) is 4.56. The van der Waals surface area contributed by atoms with Crippen LogP contribution >= 0.6 is 24.2 Å². The molecule has 0 atom stereocenters. The first-order chi connectivity index (χ1) is 7.15. The molecule has 2 rings (SSSR count). The number of nitrogens with two attached hydrogens (primary N) is 1. The highest BCUT2D eigenvalue weighted by atomic mass is 35.5. The first kappa shape index (κ1) is 12.9. The number of hydrogen-bond acceptors (Lipinski definition) is 3. The summed E-state index contributed by atoms with van der Waals surface area (Å²) in [5, 5.41) is 7.25. The van der Waals surface area contributed by atoms with Gasteiger partial charge in [0.05, 0.1) is 5.69 Å². The van der Waals surface area contributed by atoms with Gasteiger partial charge < -0.3 is 10.1 Å². The van der Waals surface area contributed by atoms with E-state index in [1.54, 1.807) is 0 Å². The average molecular weight is 257 g/mol. The molecular formula is C10H13ClN4S. The third-order valence-corrected chi connectivity index (χ3v) is 2.79. The van der Waals surface area contributed by atoms with Gasteiger partial charge in [0.1, 0.15) is 5.65 Å². The van der Waals surface area contributed by atoms with Crippen LogP contribution in [-0.4, -0.2) is 14.6 Å². The van der Waals surface area contributed by atoms with Gasteiger partial charge in [-0.3, -0.25) is 5.41 Å². The maximum atomic E-state index is 7.12. The molecule has 0 radical (unpaired) electrons. The molecule has 2 aromatic heterocycles. The van der Waals surface area contributed by atoms with Crippen LogP contribution in [0.3, 0.4) is 0 Å². The van der Waals surface area contributed by atoms with Gasteiger partial charge >= 0.3 is 0 Å². The lowest BCUT2D eigenvalue weighted by Gasteiger charge is -1.92. The van der Waals surface area contributed by atoms with Crippen molar-refractivity contribution in [3.05, 3.63) is 35.8 Å². The van der Waals surface area contributed by atoms with Gasteiger partial charge in [0.15, 0.2) is 5.17 Å². The highest BCUT2D eigenvalue weighted by molar-refractivity contribution is 8.13. The molecule has 6 heteroatoms. The summed E-state index contributed by atoms with van der Waals surface area (Å²) >= 11 is 1.29. The number of imidazole rings is 1. The number of pyridine rings is 1. The van der Waals surface area contributed by atoms with Crippen LogP contribution in [0.15, 0.2) is 24.5 Å². The van der Waals surface area contributed by atoms with Crippen molar-refractivity contribution in [3.63, 3.8) is 0 Å². The Morgan fingerprint density at radius 3 is 3.06 bits per heavy atom. The largest absolute Gasteiger partial charge is 0.379 e. The number of halogens is 1. The molecule has 0 aromatic carbocycles. The van der Waals surface area contributed by atoms with Crippen molar-refractivity contribution in [2.75, 3.05) is 0 Å². The maximum Gasteiger partial charge on any atom is 0.151 e. The zero-order chi connectivity index (χ0) is 10.8. The minimum atomic E-state index is 0. The number of rotatable bonds is 2. The SMILES string of the molecule is Cc1ccn2cc(CSC(=N)N)nc2c1.Cl. The Bertz CT molecular complexity index is 508. The Kier molecular flexibility index (Phi) is 4.20. The van der Waals surface area contributed by atoms with E-state index in [4.69, 9.17) is 11.1 Å². The van der Waals surface area contributed by atoms with E-state index in [9.17, 15) is 0 Å². The lowest BCUT2D eigenvalue weighted by molar-refractivity contribution is 1.17. The van der Waals surface area contributed by atoms with E-state index in [2.05, 4.69) is 4.98 Å². The molecule has 2 heterocycles. The molecule has 0 unspecified atom stereocenters. The fourth-order valence-electron chi connectivity index (χ4n) is 1.36. The number of aromatic nitrogens is 2. The van der Waals surface area contributed by atoms with Gasteiger partial charge in [0, 0.05) is 18.1 Å². The van der Waals surface area contributed by atoms with E-state index < -0.39 is 0 Å².